The molecule has 102 valence electrons. The summed E-state index contributed by atoms with van der Waals surface area (Å²) in [5, 5.41) is 10.7. The molecular formula is C12H12F2N2O2S. The van der Waals surface area contributed by atoms with Gasteiger partial charge in [0.2, 0.25) is 0 Å². The first kappa shape index (κ1) is 13.7. The number of hydrogen-bond donors (Lipinski definition) is 2. The Morgan fingerprint density at radius 2 is 2.21 bits per heavy atom. The first-order valence-electron chi connectivity index (χ1n) is 5.74. The fourth-order valence-corrected chi connectivity index (χ4v) is 2.57. The van der Waals surface area contributed by atoms with E-state index in [-0.39, 0.29) is 10.7 Å². The molecule has 2 rings (SSSR count). The zero-order valence-corrected chi connectivity index (χ0v) is 10.7. The van der Waals surface area contributed by atoms with Crippen LogP contribution in [-0.2, 0) is 0 Å². The third-order valence-electron chi connectivity index (χ3n) is 3.04. The number of carboxylic acid groups (broad SMARTS) is 1. The predicted molar refractivity (Wildman–Crippen MR) is 68.8 cm³/mol. The molecule has 2 N–H and O–H groups in total. The summed E-state index contributed by atoms with van der Waals surface area (Å²) >= 11 is 4.96. The van der Waals surface area contributed by atoms with Crippen molar-refractivity contribution in [1.29, 1.82) is 0 Å². The zero-order chi connectivity index (χ0) is 14.0. The van der Waals surface area contributed by atoms with Gasteiger partial charge in [-0.05, 0) is 43.3 Å². The maximum atomic E-state index is 13.7. The minimum absolute atomic E-state index is 0.0126. The number of likely N-dealkylation sites (tertiary alicyclic amines) is 1. The van der Waals surface area contributed by atoms with Crippen LogP contribution in [0.15, 0.2) is 18.2 Å². The molecule has 0 radical (unpaired) electrons. The maximum Gasteiger partial charge on any atom is 0.410 e. The number of amides is 1. The van der Waals surface area contributed by atoms with E-state index in [1.807, 2.05) is 0 Å². The van der Waals surface area contributed by atoms with Crippen LogP contribution in [0.4, 0.5) is 13.6 Å². The van der Waals surface area contributed by atoms with Crippen molar-refractivity contribution in [1.82, 2.24) is 10.2 Å². The van der Waals surface area contributed by atoms with Crippen LogP contribution >= 0.6 is 12.2 Å². The fraction of sp³-hybridized carbons (Fsp3) is 0.333. The lowest BCUT2D eigenvalue weighted by Crippen LogP contribution is -2.41. The first-order valence-corrected chi connectivity index (χ1v) is 6.15. The molecule has 7 heteroatoms. The van der Waals surface area contributed by atoms with Gasteiger partial charge >= 0.3 is 6.09 Å². The Morgan fingerprint density at radius 1 is 1.47 bits per heavy atom. The highest BCUT2D eigenvalue weighted by Crippen LogP contribution is 2.33. The first-order chi connectivity index (χ1) is 8.99. The molecule has 0 bridgehead atoms. The third kappa shape index (κ3) is 2.98. The molecule has 1 atom stereocenters. The van der Waals surface area contributed by atoms with E-state index in [2.05, 4.69) is 5.32 Å². The van der Waals surface area contributed by atoms with Crippen LogP contribution in [0.25, 0.3) is 0 Å². The Labute approximate surface area is 114 Å². The van der Waals surface area contributed by atoms with Crippen LogP contribution < -0.4 is 5.32 Å². The van der Waals surface area contributed by atoms with Gasteiger partial charge in [0.15, 0.2) is 5.11 Å². The average molecular weight is 286 g/mol. The number of nitrogens with zero attached hydrogens (tertiary/aromatic N) is 1. The Morgan fingerprint density at radius 3 is 2.89 bits per heavy atom. The number of carbonyl (C=O) groups is 1. The summed E-state index contributed by atoms with van der Waals surface area (Å²) in [4.78, 5) is 12.1. The quantitative estimate of drug-likeness (QED) is 0.779. The third-order valence-corrected chi connectivity index (χ3v) is 3.38. The van der Waals surface area contributed by atoms with E-state index in [1.54, 1.807) is 4.90 Å². The highest BCUT2D eigenvalue weighted by molar-refractivity contribution is 7.80. The molecule has 1 aliphatic heterocycles. The van der Waals surface area contributed by atoms with Gasteiger partial charge in [-0.15, -0.1) is 0 Å². The highest BCUT2D eigenvalue weighted by Gasteiger charge is 2.30. The van der Waals surface area contributed by atoms with E-state index < -0.39 is 23.8 Å². The molecule has 1 amide bonds. The Kier molecular flexibility index (Phi) is 3.94. The largest absolute Gasteiger partial charge is 0.465 e. The number of rotatable bonds is 1. The van der Waals surface area contributed by atoms with Gasteiger partial charge in [-0.2, -0.15) is 0 Å². The minimum Gasteiger partial charge on any atom is -0.465 e. The van der Waals surface area contributed by atoms with Crippen molar-refractivity contribution < 1.29 is 18.7 Å². The molecule has 0 spiro atoms. The van der Waals surface area contributed by atoms with Crippen molar-refractivity contribution in [2.45, 2.75) is 18.9 Å². The van der Waals surface area contributed by atoms with E-state index in [1.165, 1.54) is 0 Å². The van der Waals surface area contributed by atoms with Crippen molar-refractivity contribution >= 4 is 23.4 Å². The second-order valence-corrected chi connectivity index (χ2v) is 4.64. The molecule has 4 nitrogen and oxygen atoms in total. The lowest BCUT2D eigenvalue weighted by Gasteiger charge is -2.27. The summed E-state index contributed by atoms with van der Waals surface area (Å²) in [6.45, 7) is 0.514. The lowest BCUT2D eigenvalue weighted by molar-refractivity contribution is 0.198. The van der Waals surface area contributed by atoms with Gasteiger partial charge in [0.05, 0.1) is 6.04 Å². The van der Waals surface area contributed by atoms with E-state index in [0.29, 0.717) is 13.0 Å². The van der Waals surface area contributed by atoms with Crippen molar-refractivity contribution in [3.8, 4) is 0 Å². The number of halogens is 2. The lowest BCUT2D eigenvalue weighted by atomic mass is 10.0. The van der Waals surface area contributed by atoms with Crippen molar-refractivity contribution in [2.24, 2.45) is 0 Å². The molecule has 1 saturated heterocycles. The van der Waals surface area contributed by atoms with E-state index in [0.717, 1.165) is 24.6 Å². The van der Waals surface area contributed by atoms with E-state index in [4.69, 9.17) is 17.3 Å². The van der Waals surface area contributed by atoms with Gasteiger partial charge in [-0.3, -0.25) is 5.32 Å². The molecular weight excluding hydrogens is 274 g/mol. The summed E-state index contributed by atoms with van der Waals surface area (Å²) in [7, 11) is 0. The van der Waals surface area contributed by atoms with Crippen LogP contribution in [-0.4, -0.2) is 27.8 Å². The van der Waals surface area contributed by atoms with Crippen LogP contribution in [0.3, 0.4) is 0 Å². The number of benzene rings is 1. The van der Waals surface area contributed by atoms with Gasteiger partial charge in [-0.1, -0.05) is 0 Å². The molecule has 19 heavy (non-hydrogen) atoms. The molecule has 1 fully saturated rings. The summed E-state index contributed by atoms with van der Waals surface area (Å²) in [5.74, 6) is -1.04. The maximum absolute atomic E-state index is 13.7. The molecule has 0 unspecified atom stereocenters. The van der Waals surface area contributed by atoms with E-state index in [9.17, 15) is 13.6 Å². The summed E-state index contributed by atoms with van der Waals surface area (Å²) in [5.41, 5.74) is 0.201. The normalized spacial score (nSPS) is 18.4. The number of thiocarbonyl (C=S) groups is 1. The second kappa shape index (κ2) is 5.48. The predicted octanol–water partition coefficient (Wildman–Crippen LogP) is 2.65. The molecule has 1 aromatic carbocycles. The van der Waals surface area contributed by atoms with Gasteiger partial charge in [0.25, 0.3) is 0 Å². The minimum atomic E-state index is -1.27. The van der Waals surface area contributed by atoms with Crippen LogP contribution in [0.5, 0.6) is 0 Å². The fourth-order valence-electron chi connectivity index (χ4n) is 2.27. The SMILES string of the molecule is O=C(O)NC(=S)N1CCC[C@@H]1c1cc(F)ccc1F. The van der Waals surface area contributed by atoms with Gasteiger partial charge in [0.1, 0.15) is 11.6 Å². The summed E-state index contributed by atoms with van der Waals surface area (Å²) in [6.07, 6.45) is 0.0690. The average Bonchev–Trinajstić information content (AvgIpc) is 2.80. The topological polar surface area (TPSA) is 52.6 Å². The number of nitrogens with one attached hydrogen (secondary N) is 1. The van der Waals surface area contributed by atoms with Crippen LogP contribution in [0, 0.1) is 11.6 Å². The highest BCUT2D eigenvalue weighted by atomic mass is 32.1. The molecule has 0 aliphatic carbocycles. The standard InChI is InChI=1S/C12H12F2N2O2S/c13-7-3-4-9(14)8(6-7)10-2-1-5-16(10)11(19)15-12(17)18/h3-4,6,10H,1-2,5H2,(H,15,19)(H,17,18)/t10-/m1/s1. The molecule has 1 heterocycles. The molecule has 0 aromatic heterocycles. The van der Waals surface area contributed by atoms with E-state index >= 15 is 0 Å². The second-order valence-electron chi connectivity index (χ2n) is 4.25. The molecule has 0 saturated carbocycles. The zero-order valence-electron chi connectivity index (χ0n) is 9.90. The molecule has 1 aliphatic rings. The molecule has 1 aromatic rings. The van der Waals surface area contributed by atoms with Crippen molar-refractivity contribution in [3.63, 3.8) is 0 Å². The Bertz CT molecular complexity index is 524. The Hall–Kier alpha value is -1.76. The number of hydrogen-bond acceptors (Lipinski definition) is 2. The van der Waals surface area contributed by atoms with Gasteiger partial charge < -0.3 is 10.0 Å². The van der Waals surface area contributed by atoms with Gasteiger partial charge in [0, 0.05) is 12.1 Å². The van der Waals surface area contributed by atoms with Crippen LogP contribution in [0.2, 0.25) is 0 Å². The smallest absolute Gasteiger partial charge is 0.410 e. The van der Waals surface area contributed by atoms with Crippen molar-refractivity contribution in [3.05, 3.63) is 35.4 Å². The van der Waals surface area contributed by atoms with Gasteiger partial charge in [-0.25, -0.2) is 13.6 Å². The summed E-state index contributed by atoms with van der Waals surface area (Å²) < 4.78 is 27.0. The summed E-state index contributed by atoms with van der Waals surface area (Å²) in [6, 6.07) is 2.80. The van der Waals surface area contributed by atoms with Crippen LogP contribution in [0.1, 0.15) is 24.4 Å². The Balaban J connectivity index is 2.25. The van der Waals surface area contributed by atoms with Crippen molar-refractivity contribution in [2.75, 3.05) is 6.54 Å². The monoisotopic (exact) mass is 286 g/mol.